The third-order valence-corrected chi connectivity index (χ3v) is 2.50. The molecule has 0 aromatic carbocycles. The van der Waals surface area contributed by atoms with Crippen molar-refractivity contribution >= 4 is 5.82 Å². The predicted octanol–water partition coefficient (Wildman–Crippen LogP) is 2.20. The van der Waals surface area contributed by atoms with Crippen LogP contribution in [0.5, 0.6) is 0 Å². The molecule has 0 spiro atoms. The Kier molecular flexibility index (Phi) is 3.50. The van der Waals surface area contributed by atoms with Gasteiger partial charge in [0.25, 0.3) is 0 Å². The maximum absolute atomic E-state index is 12.8. The molecule has 1 aliphatic rings. The number of nitrogens with zero attached hydrogens (tertiary/aromatic N) is 1. The van der Waals surface area contributed by atoms with Gasteiger partial charge in [0, 0.05) is 13.2 Å². The summed E-state index contributed by atoms with van der Waals surface area (Å²) in [5.74, 6) is 0.119. The number of nitrogens with one attached hydrogen (secondary N) is 1. The van der Waals surface area contributed by atoms with Crippen LogP contribution >= 0.6 is 0 Å². The lowest BCUT2D eigenvalue weighted by atomic mass is 10.1. The standard InChI is InChI=1S/C11H15FN2O/c12-10-5-3-6-11(14-10)13-8-9-4-1-2-7-15-9/h3,5-6,9H,1-2,4,7-8H2,(H,13,14). The first-order valence-electron chi connectivity index (χ1n) is 5.32. The van der Waals surface area contributed by atoms with Crippen molar-refractivity contribution < 1.29 is 9.13 Å². The zero-order valence-corrected chi connectivity index (χ0v) is 8.58. The fourth-order valence-electron chi connectivity index (χ4n) is 1.69. The lowest BCUT2D eigenvalue weighted by Gasteiger charge is -2.22. The van der Waals surface area contributed by atoms with Gasteiger partial charge < -0.3 is 10.1 Å². The highest BCUT2D eigenvalue weighted by Crippen LogP contribution is 2.13. The van der Waals surface area contributed by atoms with Crippen LogP contribution in [0.1, 0.15) is 19.3 Å². The summed E-state index contributed by atoms with van der Waals surface area (Å²) < 4.78 is 18.3. The number of pyridine rings is 1. The molecule has 1 aliphatic heterocycles. The van der Waals surface area contributed by atoms with Crippen molar-refractivity contribution in [1.29, 1.82) is 0 Å². The molecule has 0 aliphatic carbocycles. The van der Waals surface area contributed by atoms with Gasteiger partial charge in [-0.2, -0.15) is 4.39 Å². The van der Waals surface area contributed by atoms with Crippen LogP contribution < -0.4 is 5.32 Å². The smallest absolute Gasteiger partial charge is 0.214 e. The summed E-state index contributed by atoms with van der Waals surface area (Å²) in [5.41, 5.74) is 0. The molecule has 82 valence electrons. The van der Waals surface area contributed by atoms with Crippen molar-refractivity contribution in [1.82, 2.24) is 4.98 Å². The van der Waals surface area contributed by atoms with Crippen LogP contribution in [0.3, 0.4) is 0 Å². The topological polar surface area (TPSA) is 34.1 Å². The van der Waals surface area contributed by atoms with Gasteiger partial charge in [0.15, 0.2) is 0 Å². The monoisotopic (exact) mass is 210 g/mol. The van der Waals surface area contributed by atoms with Crippen molar-refractivity contribution in [2.45, 2.75) is 25.4 Å². The van der Waals surface area contributed by atoms with E-state index in [1.54, 1.807) is 12.1 Å². The van der Waals surface area contributed by atoms with E-state index < -0.39 is 5.95 Å². The van der Waals surface area contributed by atoms with Gasteiger partial charge in [-0.25, -0.2) is 4.98 Å². The number of anilines is 1. The molecule has 0 radical (unpaired) electrons. The highest BCUT2D eigenvalue weighted by Gasteiger charge is 2.13. The fourth-order valence-corrected chi connectivity index (χ4v) is 1.69. The second-order valence-corrected chi connectivity index (χ2v) is 3.72. The van der Waals surface area contributed by atoms with Crippen molar-refractivity contribution in [3.05, 3.63) is 24.1 Å². The van der Waals surface area contributed by atoms with Gasteiger partial charge in [-0.3, -0.25) is 0 Å². The molecule has 1 saturated heterocycles. The van der Waals surface area contributed by atoms with Crippen molar-refractivity contribution in [2.75, 3.05) is 18.5 Å². The molecule has 1 aromatic heterocycles. The molecule has 0 bridgehead atoms. The van der Waals surface area contributed by atoms with Crippen molar-refractivity contribution in [3.63, 3.8) is 0 Å². The number of hydrogen-bond acceptors (Lipinski definition) is 3. The molecule has 15 heavy (non-hydrogen) atoms. The third-order valence-electron chi connectivity index (χ3n) is 2.50. The van der Waals surface area contributed by atoms with Crippen LogP contribution in [0, 0.1) is 5.95 Å². The number of rotatable bonds is 3. The quantitative estimate of drug-likeness (QED) is 0.776. The van der Waals surface area contributed by atoms with Gasteiger partial charge in [-0.15, -0.1) is 0 Å². The molecular formula is C11H15FN2O. The van der Waals surface area contributed by atoms with Crippen LogP contribution in [0.15, 0.2) is 18.2 Å². The minimum absolute atomic E-state index is 0.240. The highest BCUT2D eigenvalue weighted by molar-refractivity contribution is 5.33. The van der Waals surface area contributed by atoms with Gasteiger partial charge in [0.2, 0.25) is 5.95 Å². The normalized spacial score (nSPS) is 21.3. The van der Waals surface area contributed by atoms with E-state index in [1.165, 1.54) is 12.5 Å². The SMILES string of the molecule is Fc1cccc(NCC2CCCCO2)n1. The summed E-state index contributed by atoms with van der Waals surface area (Å²) in [6, 6.07) is 4.74. The van der Waals surface area contributed by atoms with Crippen molar-refractivity contribution in [2.24, 2.45) is 0 Å². The predicted molar refractivity (Wildman–Crippen MR) is 56.3 cm³/mol. The first-order valence-corrected chi connectivity index (χ1v) is 5.32. The molecule has 1 unspecified atom stereocenters. The largest absolute Gasteiger partial charge is 0.376 e. The van der Waals surface area contributed by atoms with E-state index in [1.807, 2.05) is 0 Å². The average Bonchev–Trinajstić information content (AvgIpc) is 2.28. The lowest BCUT2D eigenvalue weighted by Crippen LogP contribution is -2.27. The highest BCUT2D eigenvalue weighted by atomic mass is 19.1. The van der Waals surface area contributed by atoms with E-state index in [-0.39, 0.29) is 6.10 Å². The van der Waals surface area contributed by atoms with Gasteiger partial charge in [0.1, 0.15) is 5.82 Å². The lowest BCUT2D eigenvalue weighted by molar-refractivity contribution is 0.0247. The molecule has 3 nitrogen and oxygen atoms in total. The number of aromatic nitrogens is 1. The Balaban J connectivity index is 1.81. The summed E-state index contributed by atoms with van der Waals surface area (Å²) in [6.07, 6.45) is 3.67. The minimum Gasteiger partial charge on any atom is -0.376 e. The Bertz CT molecular complexity index is 313. The molecule has 1 aromatic rings. The van der Waals surface area contributed by atoms with Gasteiger partial charge in [0.05, 0.1) is 6.10 Å². The fraction of sp³-hybridized carbons (Fsp3) is 0.545. The van der Waals surface area contributed by atoms with E-state index in [2.05, 4.69) is 10.3 Å². The Morgan fingerprint density at radius 2 is 2.40 bits per heavy atom. The Morgan fingerprint density at radius 3 is 3.13 bits per heavy atom. The Labute approximate surface area is 88.7 Å². The zero-order valence-electron chi connectivity index (χ0n) is 8.58. The zero-order chi connectivity index (χ0) is 10.5. The van der Waals surface area contributed by atoms with Crippen molar-refractivity contribution in [3.8, 4) is 0 Å². The van der Waals surface area contributed by atoms with Crippen LogP contribution in [0.4, 0.5) is 10.2 Å². The van der Waals surface area contributed by atoms with Crippen LogP contribution in [-0.2, 0) is 4.74 Å². The maximum Gasteiger partial charge on any atom is 0.214 e. The number of halogens is 1. The van der Waals surface area contributed by atoms with Crippen LogP contribution in [0.2, 0.25) is 0 Å². The van der Waals surface area contributed by atoms with E-state index in [0.29, 0.717) is 12.4 Å². The first-order chi connectivity index (χ1) is 7.34. The minimum atomic E-state index is -0.454. The third kappa shape index (κ3) is 3.16. The van der Waals surface area contributed by atoms with Crippen LogP contribution in [0.25, 0.3) is 0 Å². The molecule has 2 rings (SSSR count). The molecule has 2 heterocycles. The Morgan fingerprint density at radius 1 is 1.47 bits per heavy atom. The first kappa shape index (κ1) is 10.4. The molecule has 1 atom stereocenters. The average molecular weight is 210 g/mol. The second-order valence-electron chi connectivity index (χ2n) is 3.72. The Hall–Kier alpha value is -1.16. The molecule has 4 heteroatoms. The van der Waals surface area contributed by atoms with E-state index in [9.17, 15) is 4.39 Å². The van der Waals surface area contributed by atoms with Gasteiger partial charge >= 0.3 is 0 Å². The molecular weight excluding hydrogens is 195 g/mol. The molecule has 0 amide bonds. The van der Waals surface area contributed by atoms with Gasteiger partial charge in [-0.05, 0) is 31.4 Å². The number of ether oxygens (including phenoxy) is 1. The summed E-state index contributed by atoms with van der Waals surface area (Å²) >= 11 is 0. The molecule has 1 fully saturated rings. The van der Waals surface area contributed by atoms with E-state index in [0.717, 1.165) is 19.4 Å². The van der Waals surface area contributed by atoms with E-state index in [4.69, 9.17) is 4.74 Å². The molecule has 1 N–H and O–H groups in total. The summed E-state index contributed by atoms with van der Waals surface area (Å²) in [7, 11) is 0. The van der Waals surface area contributed by atoms with Crippen LogP contribution in [-0.4, -0.2) is 24.2 Å². The summed E-state index contributed by atoms with van der Waals surface area (Å²) in [4.78, 5) is 3.72. The molecule has 0 saturated carbocycles. The van der Waals surface area contributed by atoms with E-state index >= 15 is 0 Å². The van der Waals surface area contributed by atoms with Gasteiger partial charge in [-0.1, -0.05) is 6.07 Å². The second kappa shape index (κ2) is 5.07. The summed E-state index contributed by atoms with van der Waals surface area (Å²) in [6.45, 7) is 1.54. The number of hydrogen-bond donors (Lipinski definition) is 1. The summed E-state index contributed by atoms with van der Waals surface area (Å²) in [5, 5.41) is 3.08. The maximum atomic E-state index is 12.8.